The minimum absolute atomic E-state index is 0.136. The van der Waals surface area contributed by atoms with Gasteiger partial charge >= 0.3 is 11.4 Å². The molecule has 0 aromatic carbocycles. The van der Waals surface area contributed by atoms with Crippen LogP contribution in [0.3, 0.4) is 0 Å². The molecule has 0 saturated carbocycles. The average Bonchev–Trinajstić information content (AvgIpc) is 2.54. The van der Waals surface area contributed by atoms with E-state index in [0.717, 1.165) is 28.5 Å². The van der Waals surface area contributed by atoms with Crippen molar-refractivity contribution in [1.29, 1.82) is 0 Å². The van der Waals surface area contributed by atoms with Crippen molar-refractivity contribution in [2.75, 3.05) is 25.3 Å². The average molecular weight is 425 g/mol. The largest absolute Gasteiger partial charge is 0.461 e. The summed E-state index contributed by atoms with van der Waals surface area (Å²) in [6.45, 7) is 8.89. The van der Waals surface area contributed by atoms with Crippen molar-refractivity contribution in [3.63, 3.8) is 0 Å². The van der Waals surface area contributed by atoms with E-state index < -0.39 is 17.0 Å². The van der Waals surface area contributed by atoms with Crippen molar-refractivity contribution in [2.45, 2.75) is 32.8 Å². The Morgan fingerprint density at radius 3 is 2.46 bits per heavy atom. The van der Waals surface area contributed by atoms with Crippen LogP contribution in [0.1, 0.15) is 27.2 Å². The summed E-state index contributed by atoms with van der Waals surface area (Å²) >= 11 is 7.47. The molecule has 0 aromatic rings. The van der Waals surface area contributed by atoms with Crippen LogP contribution in [-0.2, 0) is 9.47 Å². The van der Waals surface area contributed by atoms with Crippen molar-refractivity contribution in [2.24, 2.45) is 0 Å². The Balaban J connectivity index is 5.00. The molecule has 26 heavy (non-hydrogen) atoms. The van der Waals surface area contributed by atoms with Crippen LogP contribution in [0.5, 0.6) is 0 Å². The number of carbonyl (C=O) groups excluding carboxylic acids is 3. The lowest BCUT2D eigenvalue weighted by Gasteiger charge is -2.26. The van der Waals surface area contributed by atoms with E-state index in [1.54, 1.807) is 26.8 Å². The smallest absolute Gasteiger partial charge is 0.426 e. The zero-order valence-corrected chi connectivity index (χ0v) is 17.8. The Morgan fingerprint density at radius 2 is 1.96 bits per heavy atom. The summed E-state index contributed by atoms with van der Waals surface area (Å²) in [4.78, 5) is 36.3. The molecule has 0 atom stereocenters. The van der Waals surface area contributed by atoms with Gasteiger partial charge in [-0.3, -0.25) is 4.79 Å². The molecular formula is C16H25ClN2O5S2. The van der Waals surface area contributed by atoms with Crippen molar-refractivity contribution < 1.29 is 23.9 Å². The van der Waals surface area contributed by atoms with Crippen LogP contribution in [0.4, 0.5) is 14.4 Å². The Bertz CT molecular complexity index is 535. The maximum absolute atomic E-state index is 12.3. The summed E-state index contributed by atoms with van der Waals surface area (Å²) in [5.41, 5.74) is 1.73. The fraction of sp³-hybridized carbons (Fsp3) is 0.562. The SMILES string of the molecule is C=C/C=C(/CCN(NC(=O)OC(C)(C)C)C(=O)SCCCl)SC(=O)OC. The summed E-state index contributed by atoms with van der Waals surface area (Å²) in [7, 11) is 1.28. The topological polar surface area (TPSA) is 84.9 Å². The molecule has 1 N–H and O–H groups in total. The van der Waals surface area contributed by atoms with Gasteiger partial charge in [0.05, 0.1) is 7.11 Å². The van der Waals surface area contributed by atoms with Crippen LogP contribution in [-0.4, -0.2) is 52.5 Å². The van der Waals surface area contributed by atoms with Crippen molar-refractivity contribution in [3.8, 4) is 0 Å². The summed E-state index contributed by atoms with van der Waals surface area (Å²) < 4.78 is 9.78. The minimum atomic E-state index is -0.743. The first-order valence-electron chi connectivity index (χ1n) is 7.70. The second kappa shape index (κ2) is 12.9. The molecule has 0 aromatic heterocycles. The molecule has 0 fully saturated rings. The van der Waals surface area contributed by atoms with Gasteiger partial charge in [-0.05, 0) is 43.9 Å². The quantitative estimate of drug-likeness (QED) is 0.272. The van der Waals surface area contributed by atoms with E-state index in [-0.39, 0.29) is 11.8 Å². The third-order valence-corrected chi connectivity index (χ3v) is 4.64. The number of thioether (sulfide) groups is 2. The maximum atomic E-state index is 12.3. The first-order chi connectivity index (χ1) is 12.1. The fourth-order valence-corrected chi connectivity index (χ4v) is 2.91. The molecule has 0 heterocycles. The lowest BCUT2D eigenvalue weighted by atomic mass is 10.2. The number of nitrogens with zero attached hydrogens (tertiary/aromatic N) is 1. The van der Waals surface area contributed by atoms with Gasteiger partial charge in [0.15, 0.2) is 0 Å². The molecule has 7 nitrogen and oxygen atoms in total. The fourth-order valence-electron chi connectivity index (χ4n) is 1.48. The first-order valence-corrected chi connectivity index (χ1v) is 10.0. The van der Waals surface area contributed by atoms with Crippen LogP contribution >= 0.6 is 35.1 Å². The molecule has 0 spiro atoms. The van der Waals surface area contributed by atoms with Gasteiger partial charge in [-0.1, -0.05) is 30.5 Å². The van der Waals surface area contributed by atoms with Crippen LogP contribution in [0.25, 0.3) is 0 Å². The van der Waals surface area contributed by atoms with Gasteiger partial charge < -0.3 is 9.47 Å². The highest BCUT2D eigenvalue weighted by Gasteiger charge is 2.22. The predicted octanol–water partition coefficient (Wildman–Crippen LogP) is 4.78. The molecule has 0 aliphatic heterocycles. The lowest BCUT2D eigenvalue weighted by molar-refractivity contribution is 0.0396. The molecule has 2 amide bonds. The van der Waals surface area contributed by atoms with E-state index >= 15 is 0 Å². The molecule has 0 rings (SSSR count). The number of hydrazine groups is 1. The van der Waals surface area contributed by atoms with Gasteiger partial charge in [0.1, 0.15) is 5.60 Å². The molecular weight excluding hydrogens is 400 g/mol. The number of halogens is 1. The summed E-state index contributed by atoms with van der Waals surface area (Å²) in [6, 6.07) is 0. The Labute approximate surface area is 167 Å². The van der Waals surface area contributed by atoms with Gasteiger partial charge in [-0.15, -0.1) is 11.6 Å². The number of methoxy groups -OCH3 is 1. The number of amides is 2. The van der Waals surface area contributed by atoms with Crippen molar-refractivity contribution in [1.82, 2.24) is 10.4 Å². The molecule has 0 saturated heterocycles. The van der Waals surface area contributed by atoms with E-state index in [0.29, 0.717) is 23.0 Å². The van der Waals surface area contributed by atoms with Gasteiger partial charge in [0.25, 0.3) is 5.24 Å². The summed E-state index contributed by atoms with van der Waals surface area (Å²) in [5.74, 6) is 0.704. The number of rotatable bonds is 7. The molecule has 0 radical (unpaired) electrons. The second-order valence-electron chi connectivity index (χ2n) is 5.74. The number of ether oxygens (including phenoxy) is 2. The normalized spacial score (nSPS) is 11.5. The lowest BCUT2D eigenvalue weighted by Crippen LogP contribution is -2.47. The van der Waals surface area contributed by atoms with Crippen LogP contribution in [0.15, 0.2) is 23.6 Å². The van der Waals surface area contributed by atoms with E-state index in [1.165, 1.54) is 13.2 Å². The van der Waals surface area contributed by atoms with Crippen LogP contribution < -0.4 is 5.43 Å². The first kappa shape index (κ1) is 24.7. The maximum Gasteiger partial charge on any atom is 0.426 e. The Kier molecular flexibility index (Phi) is 12.3. The summed E-state index contributed by atoms with van der Waals surface area (Å²) in [5, 5.41) is 0.283. The van der Waals surface area contributed by atoms with E-state index in [4.69, 9.17) is 16.3 Å². The van der Waals surface area contributed by atoms with E-state index in [9.17, 15) is 14.4 Å². The third kappa shape index (κ3) is 12.1. The molecule has 0 aliphatic carbocycles. The standard InChI is InChI=1S/C16H25ClN2O5S2/c1-6-7-12(26-15(22)23-5)8-10-19(14(21)25-11-9-17)18-13(20)24-16(2,3)4/h6-7H,1,8-11H2,2-5H3,(H,18,20)/b12-7-. The third-order valence-electron chi connectivity index (χ3n) is 2.41. The minimum Gasteiger partial charge on any atom is -0.461 e. The zero-order chi connectivity index (χ0) is 20.2. The zero-order valence-electron chi connectivity index (χ0n) is 15.4. The molecule has 148 valence electrons. The number of allylic oxidation sites excluding steroid dienone is 2. The van der Waals surface area contributed by atoms with Gasteiger partial charge in [0.2, 0.25) is 0 Å². The Morgan fingerprint density at radius 1 is 1.31 bits per heavy atom. The highest BCUT2D eigenvalue weighted by Crippen LogP contribution is 2.22. The predicted molar refractivity (Wildman–Crippen MR) is 108 cm³/mol. The molecule has 10 heteroatoms. The number of hydrogen-bond acceptors (Lipinski definition) is 7. The number of alkyl halides is 1. The Hall–Kier alpha value is -1.32. The summed E-state index contributed by atoms with van der Waals surface area (Å²) in [6.07, 6.45) is 2.74. The molecule has 0 aliphatic rings. The van der Waals surface area contributed by atoms with Crippen LogP contribution in [0.2, 0.25) is 0 Å². The highest BCUT2D eigenvalue weighted by atomic mass is 35.5. The van der Waals surface area contributed by atoms with Gasteiger partial charge in [-0.2, -0.15) is 0 Å². The van der Waals surface area contributed by atoms with E-state index in [2.05, 4.69) is 16.7 Å². The van der Waals surface area contributed by atoms with Crippen molar-refractivity contribution >= 4 is 51.8 Å². The van der Waals surface area contributed by atoms with Gasteiger partial charge in [-0.25, -0.2) is 20.0 Å². The van der Waals surface area contributed by atoms with Crippen LogP contribution in [0, 0.1) is 0 Å². The second-order valence-corrected chi connectivity index (χ2v) is 8.23. The van der Waals surface area contributed by atoms with Crippen molar-refractivity contribution in [3.05, 3.63) is 23.6 Å². The molecule has 0 bridgehead atoms. The number of nitrogens with one attached hydrogen (secondary N) is 1. The van der Waals surface area contributed by atoms with E-state index in [1.807, 2.05) is 0 Å². The molecule has 0 unspecified atom stereocenters. The monoisotopic (exact) mass is 424 g/mol. The highest BCUT2D eigenvalue weighted by molar-refractivity contribution is 8.16. The number of hydrogen-bond donors (Lipinski definition) is 1. The number of carbonyl (C=O) groups is 3. The van der Waals surface area contributed by atoms with Gasteiger partial charge in [0, 0.05) is 18.2 Å².